The summed E-state index contributed by atoms with van der Waals surface area (Å²) in [5.41, 5.74) is 20.5. The minimum absolute atomic E-state index is 0.0546. The average Bonchev–Trinajstić information content (AvgIpc) is 3.44. The maximum absolute atomic E-state index is 12.7. The molecule has 0 spiro atoms. The average molecular weight is 619 g/mol. The van der Waals surface area contributed by atoms with Crippen molar-refractivity contribution in [3.8, 4) is 5.88 Å². The zero-order chi connectivity index (χ0) is 31.7. The Morgan fingerprint density at radius 1 is 1.31 bits per heavy atom. The summed E-state index contributed by atoms with van der Waals surface area (Å²) in [7, 11) is -4.49. The number of carbonyl (C=O) groups excluding carboxylic acids is 1. The Morgan fingerprint density at radius 2 is 1.95 bits per heavy atom. The smallest absolute Gasteiger partial charge is 0.403 e. The molecule has 2 aromatic heterocycles. The van der Waals surface area contributed by atoms with Crippen LogP contribution in [0.2, 0.25) is 0 Å². The Labute approximate surface area is 244 Å². The maximum Gasteiger partial charge on any atom is 0.403 e. The van der Waals surface area contributed by atoms with E-state index in [1.165, 1.54) is 17.8 Å². The van der Waals surface area contributed by atoms with E-state index in [1.807, 2.05) is 0 Å². The SMILES string of the molecule is CCCC(CCC)COC(=O)[C@H](C)NP(=O)(O)OC[C@H]1O[C@@H](n2cnc3c(OCC)nc(N)nc32)[C@](C)(N)[C@@H]1O.N=[NH2+]. The van der Waals surface area contributed by atoms with Gasteiger partial charge >= 0.3 is 13.7 Å². The normalized spacial score (nSPS) is 24.2. The standard InChI is InChI=1S/C24H42N7O8P.H2N2/c1-6-9-15(10-7-2)11-37-21(33)14(4)30-40(34,35)38-12-16-18(32)24(5,26)22(39-16)31-13-27-17-19(31)28-23(25)29-20(17)36-8-3;1-2/h13-16,18,22,32H,6-12,26H2,1-5H3,(H2,25,28,29)(H2,30,34,35);1-2H/p+1/t14-,16+,18+,22+,24+;/m0./s1. The van der Waals surface area contributed by atoms with Crippen LogP contribution in [0.1, 0.15) is 66.5 Å². The first-order valence-electron chi connectivity index (χ1n) is 13.8. The van der Waals surface area contributed by atoms with Crippen LogP contribution in [0.4, 0.5) is 5.95 Å². The number of nitrogens with zero attached hydrogens (tertiary/aromatic N) is 4. The Balaban J connectivity index is 0.00000301. The number of hydrogen-bond donors (Lipinski definition) is 7. The van der Waals surface area contributed by atoms with Crippen molar-refractivity contribution in [2.75, 3.05) is 25.6 Å². The highest BCUT2D eigenvalue weighted by Gasteiger charge is 2.52. The predicted molar refractivity (Wildman–Crippen MR) is 151 cm³/mol. The summed E-state index contributed by atoms with van der Waals surface area (Å²) in [6, 6.07) is -1.11. The van der Waals surface area contributed by atoms with Crippen LogP contribution in [0.15, 0.2) is 6.33 Å². The van der Waals surface area contributed by atoms with Crippen LogP contribution in [0.5, 0.6) is 5.88 Å². The number of aromatic nitrogens is 4. The van der Waals surface area contributed by atoms with Crippen LogP contribution in [-0.2, 0) is 23.4 Å². The molecular weight excluding hydrogens is 573 g/mol. The van der Waals surface area contributed by atoms with Crippen molar-refractivity contribution in [3.05, 3.63) is 6.33 Å². The van der Waals surface area contributed by atoms with Crippen LogP contribution < -0.4 is 26.8 Å². The molecule has 0 radical (unpaired) electrons. The number of carbonyl (C=O) groups is 1. The van der Waals surface area contributed by atoms with Gasteiger partial charge in [0.15, 0.2) is 17.4 Å². The van der Waals surface area contributed by atoms with E-state index < -0.39 is 50.3 Å². The number of ether oxygens (including phenoxy) is 3. The van der Waals surface area contributed by atoms with Crippen molar-refractivity contribution in [3.63, 3.8) is 0 Å². The fourth-order valence-electron chi connectivity index (χ4n) is 4.71. The third-order valence-corrected chi connectivity index (χ3v) is 7.96. The molecular formula is C24H45N9O8P+. The molecule has 1 aliphatic rings. The largest absolute Gasteiger partial charge is 0.476 e. The molecule has 238 valence electrons. The number of rotatable bonds is 15. The summed E-state index contributed by atoms with van der Waals surface area (Å²) in [4.78, 5) is 35.3. The van der Waals surface area contributed by atoms with Crippen molar-refractivity contribution < 1.29 is 43.6 Å². The number of nitrogens with two attached hydrogens (primary N) is 3. The van der Waals surface area contributed by atoms with Gasteiger partial charge in [0, 0.05) is 0 Å². The van der Waals surface area contributed by atoms with E-state index >= 15 is 0 Å². The highest BCUT2D eigenvalue weighted by Crippen LogP contribution is 2.42. The number of fused-ring (bicyclic) bond motifs is 1. The lowest BCUT2D eigenvalue weighted by Crippen LogP contribution is -2.52. The molecule has 1 unspecified atom stereocenters. The number of esters is 1. The van der Waals surface area contributed by atoms with Crippen molar-refractivity contribution in [1.29, 1.82) is 5.53 Å². The number of imidazole rings is 1. The first-order chi connectivity index (χ1) is 19.8. The van der Waals surface area contributed by atoms with Gasteiger partial charge in [0.25, 0.3) is 0 Å². The second-order valence-corrected chi connectivity index (χ2v) is 11.8. The van der Waals surface area contributed by atoms with Gasteiger partial charge in [0.05, 0.1) is 31.7 Å². The van der Waals surface area contributed by atoms with Gasteiger partial charge in [-0.2, -0.15) is 15.5 Å². The maximum atomic E-state index is 12.7. The number of hydrogen-bond acceptors (Lipinski definition) is 13. The predicted octanol–water partition coefficient (Wildman–Crippen LogP) is 0.414. The van der Waals surface area contributed by atoms with Gasteiger partial charge in [-0.05, 0) is 39.5 Å². The molecule has 0 bridgehead atoms. The van der Waals surface area contributed by atoms with E-state index in [0.717, 1.165) is 25.7 Å². The molecule has 1 saturated heterocycles. The monoisotopic (exact) mass is 618 g/mol. The molecule has 17 nitrogen and oxygen atoms in total. The first kappa shape index (κ1) is 35.4. The van der Waals surface area contributed by atoms with E-state index in [1.54, 1.807) is 13.8 Å². The first-order valence-corrected chi connectivity index (χ1v) is 15.4. The summed E-state index contributed by atoms with van der Waals surface area (Å²) >= 11 is 0. The molecule has 3 rings (SSSR count). The number of aliphatic hydroxyl groups is 1. The highest BCUT2D eigenvalue weighted by molar-refractivity contribution is 7.50. The minimum atomic E-state index is -4.49. The molecule has 0 aliphatic carbocycles. The molecule has 0 amide bonds. The second kappa shape index (κ2) is 15.6. The van der Waals surface area contributed by atoms with Crippen LogP contribution in [-0.4, -0.2) is 79.1 Å². The molecule has 1 aliphatic heterocycles. The topological polar surface area (TPSA) is 269 Å². The molecule has 0 saturated carbocycles. The van der Waals surface area contributed by atoms with E-state index in [-0.39, 0.29) is 30.0 Å². The molecule has 42 heavy (non-hydrogen) atoms. The molecule has 3 heterocycles. The van der Waals surface area contributed by atoms with Gasteiger partial charge < -0.3 is 35.7 Å². The van der Waals surface area contributed by atoms with Gasteiger partial charge in [-0.25, -0.2) is 14.6 Å². The molecule has 6 atom stereocenters. The number of aliphatic hydroxyl groups excluding tert-OH is 1. The van der Waals surface area contributed by atoms with E-state index in [9.17, 15) is 19.4 Å². The second-order valence-electron chi connectivity index (χ2n) is 10.2. The Hall–Kier alpha value is -2.79. The molecule has 0 aromatic carbocycles. The number of anilines is 1. The Morgan fingerprint density at radius 3 is 2.55 bits per heavy atom. The van der Waals surface area contributed by atoms with E-state index in [2.05, 4.69) is 39.4 Å². The Bertz CT molecular complexity index is 1210. The summed E-state index contributed by atoms with van der Waals surface area (Å²) < 4.78 is 36.2. The van der Waals surface area contributed by atoms with Crippen molar-refractivity contribution >= 4 is 30.8 Å². The lowest BCUT2D eigenvalue weighted by atomic mass is 9.93. The van der Waals surface area contributed by atoms with Crippen LogP contribution in [0.25, 0.3) is 11.2 Å². The van der Waals surface area contributed by atoms with Gasteiger partial charge in [0.2, 0.25) is 11.8 Å². The van der Waals surface area contributed by atoms with Crippen molar-refractivity contribution in [2.24, 2.45) is 11.7 Å². The van der Waals surface area contributed by atoms with Crippen molar-refractivity contribution in [2.45, 2.75) is 90.3 Å². The fourth-order valence-corrected chi connectivity index (χ4v) is 5.72. The fraction of sp³-hybridized carbons (Fsp3) is 0.750. The lowest BCUT2D eigenvalue weighted by molar-refractivity contribution is -0.249. The third kappa shape index (κ3) is 8.63. The highest BCUT2D eigenvalue weighted by atomic mass is 31.2. The molecule has 1 fully saturated rings. The quantitative estimate of drug-likeness (QED) is 0.0810. The zero-order valence-electron chi connectivity index (χ0n) is 24.7. The number of nitrogens with one attached hydrogen (secondary N) is 2. The minimum Gasteiger partial charge on any atom is -0.476 e. The zero-order valence-corrected chi connectivity index (χ0v) is 25.6. The molecule has 10 N–H and O–H groups in total. The Kier molecular flexibility index (Phi) is 13.2. The molecule has 2 aromatic rings. The lowest BCUT2D eigenvalue weighted by Gasteiger charge is -2.28. The van der Waals surface area contributed by atoms with Gasteiger partial charge in [-0.1, -0.05) is 32.2 Å². The summed E-state index contributed by atoms with van der Waals surface area (Å²) in [5.74, 6) is -0.293. The van der Waals surface area contributed by atoms with Crippen LogP contribution in [0, 0.1) is 11.4 Å². The van der Waals surface area contributed by atoms with Crippen LogP contribution in [0.3, 0.4) is 0 Å². The third-order valence-electron chi connectivity index (χ3n) is 6.74. The summed E-state index contributed by atoms with van der Waals surface area (Å²) in [6.45, 7) is 8.95. The van der Waals surface area contributed by atoms with Gasteiger partial charge in [0.1, 0.15) is 18.2 Å². The summed E-state index contributed by atoms with van der Waals surface area (Å²) in [6.07, 6.45) is 1.81. The van der Waals surface area contributed by atoms with Crippen molar-refractivity contribution in [1.82, 2.24) is 24.6 Å². The van der Waals surface area contributed by atoms with E-state index in [4.69, 9.17) is 35.7 Å². The van der Waals surface area contributed by atoms with Gasteiger partial charge in [-0.15, -0.1) is 0 Å². The summed E-state index contributed by atoms with van der Waals surface area (Å²) in [5, 5.41) is 13.2. The van der Waals surface area contributed by atoms with E-state index in [0.29, 0.717) is 12.1 Å². The number of nitrogen functional groups attached to an aromatic ring is 1. The van der Waals surface area contributed by atoms with Gasteiger partial charge in [-0.3, -0.25) is 13.9 Å². The van der Waals surface area contributed by atoms with Crippen LogP contribution >= 0.6 is 7.75 Å². The molecule has 18 heteroatoms.